The molecule has 0 radical (unpaired) electrons. The molecule has 0 aromatic heterocycles. The van der Waals surface area contributed by atoms with E-state index in [9.17, 15) is 5.11 Å². The molecule has 2 aliphatic rings. The Morgan fingerprint density at radius 3 is 2.79 bits per heavy atom. The van der Waals surface area contributed by atoms with Gasteiger partial charge in [0.25, 0.3) is 0 Å². The second kappa shape index (κ2) is 8.23. The number of aliphatic hydroxyl groups is 1. The van der Waals surface area contributed by atoms with Crippen molar-refractivity contribution in [3.8, 4) is 0 Å². The summed E-state index contributed by atoms with van der Waals surface area (Å²) in [5.41, 5.74) is 0. The lowest BCUT2D eigenvalue weighted by atomic mass is 9.95. The topological polar surface area (TPSA) is 32.7 Å². The van der Waals surface area contributed by atoms with Crippen molar-refractivity contribution >= 4 is 0 Å². The first-order valence-corrected chi connectivity index (χ1v) is 8.31. The third kappa shape index (κ3) is 5.05. The maximum atomic E-state index is 10.2. The van der Waals surface area contributed by atoms with E-state index in [0.29, 0.717) is 12.0 Å². The van der Waals surface area contributed by atoms with E-state index in [2.05, 4.69) is 11.8 Å². The smallest absolute Gasteiger partial charge is 0.0702 e. The fraction of sp³-hybridized carbons (Fsp3) is 1.00. The predicted molar refractivity (Wildman–Crippen MR) is 78.3 cm³/mol. The van der Waals surface area contributed by atoms with Gasteiger partial charge in [-0.05, 0) is 44.6 Å². The van der Waals surface area contributed by atoms with E-state index < -0.39 is 0 Å². The van der Waals surface area contributed by atoms with Crippen molar-refractivity contribution in [2.45, 2.75) is 70.5 Å². The molecule has 3 nitrogen and oxygen atoms in total. The minimum atomic E-state index is -0.0700. The third-order valence-electron chi connectivity index (χ3n) is 4.63. The lowest BCUT2D eigenvalue weighted by molar-refractivity contribution is -0.0130. The Labute approximate surface area is 118 Å². The molecule has 1 heterocycles. The van der Waals surface area contributed by atoms with Crippen LogP contribution in [0.25, 0.3) is 0 Å². The van der Waals surface area contributed by atoms with Crippen molar-refractivity contribution in [3.05, 3.63) is 0 Å². The molecule has 2 rings (SSSR count). The number of hydrogen-bond donors (Lipinski definition) is 1. The molecule has 112 valence electrons. The number of ether oxygens (including phenoxy) is 1. The summed E-state index contributed by atoms with van der Waals surface area (Å²) in [5.74, 6) is 0.493. The monoisotopic (exact) mass is 269 g/mol. The molecule has 0 spiro atoms. The van der Waals surface area contributed by atoms with Crippen LogP contribution in [0.3, 0.4) is 0 Å². The highest BCUT2D eigenvalue weighted by atomic mass is 16.5. The van der Waals surface area contributed by atoms with Gasteiger partial charge in [0.2, 0.25) is 0 Å². The van der Waals surface area contributed by atoms with Gasteiger partial charge in [0.1, 0.15) is 0 Å². The highest BCUT2D eigenvalue weighted by Crippen LogP contribution is 2.25. The van der Waals surface area contributed by atoms with Gasteiger partial charge >= 0.3 is 0 Å². The largest absolute Gasteiger partial charge is 0.393 e. The van der Waals surface area contributed by atoms with Crippen LogP contribution < -0.4 is 0 Å². The van der Waals surface area contributed by atoms with Crippen LogP contribution >= 0.6 is 0 Å². The summed E-state index contributed by atoms with van der Waals surface area (Å²) in [4.78, 5) is 2.53. The van der Waals surface area contributed by atoms with E-state index in [1.807, 2.05) is 0 Å². The maximum Gasteiger partial charge on any atom is 0.0702 e. The predicted octanol–water partition coefficient (Wildman–Crippen LogP) is 2.82. The molecule has 1 aliphatic heterocycles. The van der Waals surface area contributed by atoms with Crippen LogP contribution in [0.5, 0.6) is 0 Å². The Morgan fingerprint density at radius 2 is 1.95 bits per heavy atom. The first kappa shape index (κ1) is 15.3. The normalized spacial score (nSPS) is 34.1. The van der Waals surface area contributed by atoms with Gasteiger partial charge < -0.3 is 14.7 Å². The second-order valence-corrected chi connectivity index (χ2v) is 6.36. The average Bonchev–Trinajstić information content (AvgIpc) is 2.62. The Morgan fingerprint density at radius 1 is 1.11 bits per heavy atom. The van der Waals surface area contributed by atoms with Crippen LogP contribution in [0, 0.1) is 5.92 Å². The Kier molecular flexibility index (Phi) is 6.62. The number of aliphatic hydroxyl groups excluding tert-OH is 1. The molecule has 1 saturated carbocycles. The van der Waals surface area contributed by atoms with E-state index in [-0.39, 0.29) is 6.10 Å². The standard InChI is InChI=1S/C16H31NO2/c1-2-11-19-15-8-6-10-17(13-15)12-14-7-4-3-5-9-16(14)18/h14-16,18H,2-13H2,1H3. The molecule has 1 saturated heterocycles. The molecule has 3 heteroatoms. The summed E-state index contributed by atoms with van der Waals surface area (Å²) in [6, 6.07) is 0. The van der Waals surface area contributed by atoms with Crippen LogP contribution in [0.4, 0.5) is 0 Å². The van der Waals surface area contributed by atoms with Gasteiger partial charge in [-0.3, -0.25) is 0 Å². The molecule has 19 heavy (non-hydrogen) atoms. The van der Waals surface area contributed by atoms with Crippen molar-refractivity contribution in [2.24, 2.45) is 5.92 Å². The van der Waals surface area contributed by atoms with Crippen molar-refractivity contribution in [1.82, 2.24) is 4.90 Å². The Balaban J connectivity index is 1.77. The van der Waals surface area contributed by atoms with Crippen molar-refractivity contribution in [2.75, 3.05) is 26.2 Å². The highest BCUT2D eigenvalue weighted by Gasteiger charge is 2.27. The van der Waals surface area contributed by atoms with Crippen LogP contribution in [-0.2, 0) is 4.74 Å². The summed E-state index contributed by atoms with van der Waals surface area (Å²) in [6.07, 6.45) is 9.95. The fourth-order valence-corrected chi connectivity index (χ4v) is 3.51. The van der Waals surface area contributed by atoms with Crippen LogP contribution in [-0.4, -0.2) is 48.5 Å². The van der Waals surface area contributed by atoms with Gasteiger partial charge in [-0.2, -0.15) is 0 Å². The van der Waals surface area contributed by atoms with Crippen molar-refractivity contribution in [1.29, 1.82) is 0 Å². The van der Waals surface area contributed by atoms with Gasteiger partial charge in [-0.1, -0.05) is 26.2 Å². The fourth-order valence-electron chi connectivity index (χ4n) is 3.51. The molecule has 0 bridgehead atoms. The summed E-state index contributed by atoms with van der Waals surface area (Å²) in [6.45, 7) is 6.40. The molecular weight excluding hydrogens is 238 g/mol. The number of rotatable bonds is 5. The summed E-state index contributed by atoms with van der Waals surface area (Å²) in [7, 11) is 0. The number of piperidine rings is 1. The molecule has 1 N–H and O–H groups in total. The maximum absolute atomic E-state index is 10.2. The number of likely N-dealkylation sites (tertiary alicyclic amines) is 1. The molecule has 3 atom stereocenters. The summed E-state index contributed by atoms with van der Waals surface area (Å²) < 4.78 is 5.90. The van der Waals surface area contributed by atoms with E-state index in [1.165, 1.54) is 45.1 Å². The van der Waals surface area contributed by atoms with E-state index in [1.54, 1.807) is 0 Å². The summed E-state index contributed by atoms with van der Waals surface area (Å²) >= 11 is 0. The van der Waals surface area contributed by atoms with Gasteiger partial charge in [-0.25, -0.2) is 0 Å². The average molecular weight is 269 g/mol. The highest BCUT2D eigenvalue weighted by molar-refractivity contribution is 4.80. The Hall–Kier alpha value is -0.120. The summed E-state index contributed by atoms with van der Waals surface area (Å²) in [5, 5.41) is 10.2. The van der Waals surface area contributed by atoms with Crippen molar-refractivity contribution < 1.29 is 9.84 Å². The lowest BCUT2D eigenvalue weighted by Gasteiger charge is -2.35. The molecule has 2 fully saturated rings. The molecule has 0 amide bonds. The van der Waals surface area contributed by atoms with Crippen LogP contribution in [0.2, 0.25) is 0 Å². The minimum absolute atomic E-state index is 0.0700. The van der Waals surface area contributed by atoms with E-state index in [0.717, 1.165) is 32.5 Å². The van der Waals surface area contributed by atoms with Gasteiger partial charge in [0.15, 0.2) is 0 Å². The first-order valence-electron chi connectivity index (χ1n) is 8.31. The number of hydrogen-bond acceptors (Lipinski definition) is 3. The molecule has 3 unspecified atom stereocenters. The van der Waals surface area contributed by atoms with E-state index in [4.69, 9.17) is 4.74 Å². The molecule has 0 aromatic carbocycles. The SMILES string of the molecule is CCCOC1CCCN(CC2CCCCCC2O)C1. The van der Waals surface area contributed by atoms with Gasteiger partial charge in [0, 0.05) is 19.7 Å². The Bertz CT molecular complexity index is 247. The second-order valence-electron chi connectivity index (χ2n) is 6.36. The number of nitrogens with zero attached hydrogens (tertiary/aromatic N) is 1. The van der Waals surface area contributed by atoms with Crippen molar-refractivity contribution in [3.63, 3.8) is 0 Å². The zero-order valence-corrected chi connectivity index (χ0v) is 12.5. The van der Waals surface area contributed by atoms with Gasteiger partial charge in [-0.15, -0.1) is 0 Å². The minimum Gasteiger partial charge on any atom is -0.393 e. The zero-order chi connectivity index (χ0) is 13.5. The van der Waals surface area contributed by atoms with Crippen LogP contribution in [0.15, 0.2) is 0 Å². The van der Waals surface area contributed by atoms with E-state index >= 15 is 0 Å². The lowest BCUT2D eigenvalue weighted by Crippen LogP contribution is -2.43. The van der Waals surface area contributed by atoms with Gasteiger partial charge in [0.05, 0.1) is 12.2 Å². The zero-order valence-electron chi connectivity index (χ0n) is 12.5. The quantitative estimate of drug-likeness (QED) is 0.779. The third-order valence-corrected chi connectivity index (χ3v) is 4.63. The molecular formula is C16H31NO2. The first-order chi connectivity index (χ1) is 9.29. The molecule has 0 aromatic rings. The molecule has 1 aliphatic carbocycles. The van der Waals surface area contributed by atoms with Crippen LogP contribution in [0.1, 0.15) is 58.3 Å².